The van der Waals surface area contributed by atoms with Crippen LogP contribution in [-0.2, 0) is 13.8 Å². The number of ketones is 1. The van der Waals surface area contributed by atoms with Crippen molar-refractivity contribution in [3.05, 3.63) is 56.8 Å². The Labute approximate surface area is 171 Å². The number of rotatable bonds is 9. The molecule has 0 radical (unpaired) electrons. The van der Waals surface area contributed by atoms with Crippen LogP contribution in [0, 0.1) is 17.0 Å². The van der Waals surface area contributed by atoms with Crippen molar-refractivity contribution in [2.24, 2.45) is 5.73 Å². The zero-order chi connectivity index (χ0) is 21.2. The number of nitrogens with zero attached hydrogens (tertiary/aromatic N) is 1. The van der Waals surface area contributed by atoms with Gasteiger partial charge in [-0.3, -0.25) is 14.9 Å². The number of carboxylic acids is 1. The van der Waals surface area contributed by atoms with Gasteiger partial charge in [0.1, 0.15) is 4.90 Å². The second-order valence-electron chi connectivity index (χ2n) is 5.86. The lowest BCUT2D eigenvalue weighted by Gasteiger charge is -2.20. The Morgan fingerprint density at radius 2 is 2.00 bits per heavy atom. The van der Waals surface area contributed by atoms with Crippen LogP contribution in [0.4, 0.5) is 5.69 Å². The molecule has 1 aromatic heterocycles. The molecular weight excluding hydrogens is 404 g/mol. The first kappa shape index (κ1) is 23.8. The topological polar surface area (TPSA) is 133 Å². The second-order valence-corrected chi connectivity index (χ2v) is 7.52. The fourth-order valence-corrected chi connectivity index (χ4v) is 3.26. The zero-order valence-corrected chi connectivity index (χ0v) is 17.1. The molecule has 0 unspecified atom stereocenters. The van der Waals surface area contributed by atoms with Gasteiger partial charge in [0.2, 0.25) is 0 Å². The van der Waals surface area contributed by atoms with Crippen LogP contribution < -0.4 is 5.73 Å². The van der Waals surface area contributed by atoms with Crippen LogP contribution in [0.15, 0.2) is 46.0 Å². The fourth-order valence-electron chi connectivity index (χ4n) is 2.01. The molecule has 3 N–H and O–H groups in total. The normalized spacial score (nSPS) is 12.4. The van der Waals surface area contributed by atoms with Crippen molar-refractivity contribution in [3.8, 4) is 0 Å². The maximum Gasteiger partial charge on any atom is 0.331 e. The van der Waals surface area contributed by atoms with Crippen molar-refractivity contribution in [1.29, 1.82) is 0 Å². The largest absolute Gasteiger partial charge is 0.480 e. The molecule has 8 nitrogen and oxygen atoms in total. The van der Waals surface area contributed by atoms with Gasteiger partial charge in [-0.1, -0.05) is 18.2 Å². The number of aryl methyl sites for hydroxylation is 1. The van der Waals surface area contributed by atoms with E-state index in [9.17, 15) is 19.7 Å². The highest BCUT2D eigenvalue weighted by atomic mass is 32.2. The standard InChI is InChI=1S/C14H18N2O6S.C4H4S/c1-9-4-5-11(16(20)21)12(8-9)23-22-7-3-6-14(15,10(2)17)13(18)19;1-2-4-5-3-1/h4-5,8H,3,6-7,15H2,1-2H3,(H,18,19);1-4H/t14-;/m0./s1. The van der Waals surface area contributed by atoms with Crippen molar-refractivity contribution in [2.45, 2.75) is 37.1 Å². The number of aliphatic carboxylic acids is 1. The molecular formula is C18H22N2O6S2. The Bertz CT molecular complexity index is 764. The molecule has 0 fully saturated rings. The average Bonchev–Trinajstić information content (AvgIpc) is 3.20. The monoisotopic (exact) mass is 426 g/mol. The van der Waals surface area contributed by atoms with Crippen LogP contribution in [0.3, 0.4) is 0 Å². The van der Waals surface area contributed by atoms with Gasteiger partial charge in [-0.2, -0.15) is 11.3 Å². The SMILES string of the molecule is CC(=O)[C@@](N)(CCCOSc1cc(C)ccc1[N+](=O)[O-])C(=O)O.c1ccsc1. The van der Waals surface area contributed by atoms with E-state index in [2.05, 4.69) is 0 Å². The highest BCUT2D eigenvalue weighted by Crippen LogP contribution is 2.30. The molecule has 0 spiro atoms. The highest BCUT2D eigenvalue weighted by Gasteiger charge is 2.38. The van der Waals surface area contributed by atoms with Crippen LogP contribution >= 0.6 is 23.4 Å². The molecule has 1 aromatic carbocycles. The van der Waals surface area contributed by atoms with E-state index in [1.807, 2.05) is 22.9 Å². The zero-order valence-electron chi connectivity index (χ0n) is 15.5. The van der Waals surface area contributed by atoms with Gasteiger partial charge < -0.3 is 15.0 Å². The maximum absolute atomic E-state index is 11.3. The molecule has 152 valence electrons. The quantitative estimate of drug-likeness (QED) is 0.203. The number of hydrogen-bond acceptors (Lipinski definition) is 8. The van der Waals surface area contributed by atoms with Crippen LogP contribution in [0.2, 0.25) is 0 Å². The Morgan fingerprint density at radius 1 is 1.36 bits per heavy atom. The number of benzene rings is 1. The lowest BCUT2D eigenvalue weighted by atomic mass is 9.91. The first-order chi connectivity index (χ1) is 13.2. The minimum Gasteiger partial charge on any atom is -0.480 e. The first-order valence-electron chi connectivity index (χ1n) is 8.23. The lowest BCUT2D eigenvalue weighted by Crippen LogP contribution is -2.54. The summed E-state index contributed by atoms with van der Waals surface area (Å²) in [7, 11) is 0. The molecule has 2 rings (SSSR count). The summed E-state index contributed by atoms with van der Waals surface area (Å²) in [6.45, 7) is 3.03. The van der Waals surface area contributed by atoms with E-state index in [-0.39, 0.29) is 25.1 Å². The molecule has 0 aliphatic rings. The van der Waals surface area contributed by atoms with E-state index in [0.29, 0.717) is 4.90 Å². The molecule has 2 aromatic rings. The number of thiophene rings is 1. The molecule has 0 amide bonds. The number of nitro groups is 1. The fraction of sp³-hybridized carbons (Fsp3) is 0.333. The molecule has 1 atom stereocenters. The van der Waals surface area contributed by atoms with Crippen LogP contribution in [0.5, 0.6) is 0 Å². The average molecular weight is 427 g/mol. The smallest absolute Gasteiger partial charge is 0.331 e. The van der Waals surface area contributed by atoms with Gasteiger partial charge in [0.25, 0.3) is 5.69 Å². The minimum absolute atomic E-state index is 0.0666. The summed E-state index contributed by atoms with van der Waals surface area (Å²) in [4.78, 5) is 33.1. The molecule has 0 aliphatic carbocycles. The number of nitrogens with two attached hydrogens (primary N) is 1. The van der Waals surface area contributed by atoms with Crippen molar-refractivity contribution in [2.75, 3.05) is 6.61 Å². The molecule has 0 aliphatic heterocycles. The summed E-state index contributed by atoms with van der Waals surface area (Å²) in [5.41, 5.74) is 4.42. The number of carboxylic acid groups (broad SMARTS) is 1. The minimum atomic E-state index is -1.93. The third-order valence-electron chi connectivity index (χ3n) is 3.69. The van der Waals surface area contributed by atoms with Gasteiger partial charge in [0.15, 0.2) is 11.3 Å². The summed E-state index contributed by atoms with van der Waals surface area (Å²) >= 11 is 2.56. The van der Waals surface area contributed by atoms with E-state index in [4.69, 9.17) is 15.0 Å². The first-order valence-corrected chi connectivity index (χ1v) is 9.92. The lowest BCUT2D eigenvalue weighted by molar-refractivity contribution is -0.387. The Balaban J connectivity index is 0.000000674. The van der Waals surface area contributed by atoms with Gasteiger partial charge in [-0.25, -0.2) is 4.79 Å². The summed E-state index contributed by atoms with van der Waals surface area (Å²) < 4.78 is 5.27. The molecule has 0 bridgehead atoms. The third-order valence-corrected chi connectivity index (χ3v) is 5.11. The van der Waals surface area contributed by atoms with E-state index < -0.39 is 22.2 Å². The molecule has 0 saturated carbocycles. The molecule has 28 heavy (non-hydrogen) atoms. The molecule has 10 heteroatoms. The summed E-state index contributed by atoms with van der Waals surface area (Å²) in [5, 5.41) is 24.0. The van der Waals surface area contributed by atoms with Gasteiger partial charge in [0, 0.05) is 18.1 Å². The third kappa shape index (κ3) is 7.39. The highest BCUT2D eigenvalue weighted by molar-refractivity contribution is 7.94. The van der Waals surface area contributed by atoms with Crippen LogP contribution in [0.1, 0.15) is 25.3 Å². The number of hydrogen-bond donors (Lipinski definition) is 2. The molecule has 1 heterocycles. The van der Waals surface area contributed by atoms with Crippen molar-refractivity contribution < 1.29 is 23.8 Å². The number of Topliss-reactive ketones (excluding diaryl/α,β-unsaturated/α-hetero) is 1. The van der Waals surface area contributed by atoms with E-state index in [1.54, 1.807) is 30.4 Å². The van der Waals surface area contributed by atoms with Gasteiger partial charge in [-0.15, -0.1) is 0 Å². The predicted molar refractivity (Wildman–Crippen MR) is 108 cm³/mol. The second kappa shape index (κ2) is 11.5. The Morgan fingerprint density at radius 3 is 2.46 bits per heavy atom. The number of carbonyl (C=O) groups excluding carboxylic acids is 1. The Kier molecular flexibility index (Phi) is 9.80. The summed E-state index contributed by atoms with van der Waals surface area (Å²) in [5.74, 6) is -2.01. The van der Waals surface area contributed by atoms with Crippen molar-refractivity contribution in [3.63, 3.8) is 0 Å². The van der Waals surface area contributed by atoms with Crippen molar-refractivity contribution >= 4 is 40.8 Å². The summed E-state index contributed by atoms with van der Waals surface area (Å²) in [6, 6.07) is 8.69. The van der Waals surface area contributed by atoms with Gasteiger partial charge >= 0.3 is 5.97 Å². The Hall–Kier alpha value is -2.27. The van der Waals surface area contributed by atoms with Gasteiger partial charge in [-0.05, 0) is 49.1 Å². The number of nitro benzene ring substituents is 1. The molecule has 0 saturated heterocycles. The van der Waals surface area contributed by atoms with Crippen LogP contribution in [-0.4, -0.2) is 33.9 Å². The van der Waals surface area contributed by atoms with E-state index in [1.165, 1.54) is 6.07 Å². The van der Waals surface area contributed by atoms with E-state index >= 15 is 0 Å². The van der Waals surface area contributed by atoms with Crippen LogP contribution in [0.25, 0.3) is 0 Å². The van der Waals surface area contributed by atoms with Crippen molar-refractivity contribution in [1.82, 2.24) is 0 Å². The maximum atomic E-state index is 11.3. The summed E-state index contributed by atoms with van der Waals surface area (Å²) in [6.07, 6.45) is 0.156. The predicted octanol–water partition coefficient (Wildman–Crippen LogP) is 3.83. The van der Waals surface area contributed by atoms with Gasteiger partial charge in [0.05, 0.1) is 11.5 Å². The number of carbonyl (C=O) groups is 2. The van der Waals surface area contributed by atoms with E-state index in [0.717, 1.165) is 24.5 Å².